The highest BCUT2D eigenvalue weighted by Crippen LogP contribution is 2.17. The molecule has 2 heterocycles. The second-order valence-corrected chi connectivity index (χ2v) is 5.43. The van der Waals surface area contributed by atoms with Crippen LogP contribution in [0.15, 0.2) is 42.6 Å². The third kappa shape index (κ3) is 3.49. The van der Waals surface area contributed by atoms with E-state index in [0.29, 0.717) is 24.3 Å². The van der Waals surface area contributed by atoms with Crippen LogP contribution >= 0.6 is 0 Å². The second kappa shape index (κ2) is 6.76. The summed E-state index contributed by atoms with van der Waals surface area (Å²) < 4.78 is 25.6. The van der Waals surface area contributed by atoms with Gasteiger partial charge in [-0.05, 0) is 24.6 Å². The number of alkyl halides is 2. The van der Waals surface area contributed by atoms with Crippen LogP contribution in [0.3, 0.4) is 0 Å². The zero-order valence-corrected chi connectivity index (χ0v) is 12.6. The highest BCUT2D eigenvalue weighted by Gasteiger charge is 2.22. The van der Waals surface area contributed by atoms with Crippen molar-refractivity contribution in [3.8, 4) is 0 Å². The summed E-state index contributed by atoms with van der Waals surface area (Å²) in [5, 5.41) is 3.65. The van der Waals surface area contributed by atoms with E-state index in [2.05, 4.69) is 10.00 Å². The predicted octanol–water partition coefficient (Wildman–Crippen LogP) is 2.63. The number of benzene rings is 1. The van der Waals surface area contributed by atoms with Gasteiger partial charge < -0.3 is 9.80 Å². The quantitative estimate of drug-likeness (QED) is 0.873. The van der Waals surface area contributed by atoms with E-state index in [4.69, 9.17) is 0 Å². The normalized spacial score (nSPS) is 15.8. The van der Waals surface area contributed by atoms with Crippen molar-refractivity contribution in [2.45, 2.75) is 13.0 Å². The highest BCUT2D eigenvalue weighted by molar-refractivity contribution is 5.92. The molecule has 1 aliphatic rings. The van der Waals surface area contributed by atoms with E-state index in [0.717, 1.165) is 24.8 Å². The second-order valence-electron chi connectivity index (χ2n) is 5.43. The van der Waals surface area contributed by atoms with Gasteiger partial charge in [0.05, 0.1) is 0 Å². The molecule has 23 heavy (non-hydrogen) atoms. The Morgan fingerprint density at radius 3 is 2.52 bits per heavy atom. The van der Waals surface area contributed by atoms with E-state index >= 15 is 0 Å². The van der Waals surface area contributed by atoms with Gasteiger partial charge in [-0.25, -0.2) is 4.68 Å². The summed E-state index contributed by atoms with van der Waals surface area (Å²) in [4.78, 5) is 16.3. The van der Waals surface area contributed by atoms with Crippen LogP contribution in [0, 0.1) is 0 Å². The van der Waals surface area contributed by atoms with E-state index in [1.807, 2.05) is 30.3 Å². The van der Waals surface area contributed by atoms with Crippen molar-refractivity contribution in [2.75, 3.05) is 31.1 Å². The molecule has 0 N–H and O–H groups in total. The van der Waals surface area contributed by atoms with Gasteiger partial charge in [0.2, 0.25) is 0 Å². The minimum absolute atomic E-state index is 0.0680. The first-order valence-corrected chi connectivity index (χ1v) is 7.58. The van der Waals surface area contributed by atoms with Gasteiger partial charge >= 0.3 is 6.55 Å². The number of rotatable bonds is 3. The molecule has 0 radical (unpaired) electrons. The summed E-state index contributed by atoms with van der Waals surface area (Å²) in [6.45, 7) is -0.00180. The van der Waals surface area contributed by atoms with Crippen molar-refractivity contribution in [3.05, 3.63) is 48.3 Å². The Kier molecular flexibility index (Phi) is 4.55. The Bertz CT molecular complexity index is 659. The largest absolute Gasteiger partial charge is 0.370 e. The molecule has 0 spiro atoms. The number of halogens is 2. The van der Waals surface area contributed by atoms with E-state index in [1.54, 1.807) is 4.90 Å². The van der Waals surface area contributed by atoms with E-state index < -0.39 is 6.55 Å². The topological polar surface area (TPSA) is 41.4 Å². The lowest BCUT2D eigenvalue weighted by molar-refractivity contribution is 0.0552. The smallest absolute Gasteiger partial charge is 0.333 e. The first-order valence-electron chi connectivity index (χ1n) is 7.58. The maximum atomic E-state index is 12.6. The summed E-state index contributed by atoms with van der Waals surface area (Å²) in [7, 11) is 0. The molecule has 0 atom stereocenters. The number of nitrogens with zero attached hydrogens (tertiary/aromatic N) is 4. The molecule has 1 amide bonds. The van der Waals surface area contributed by atoms with Crippen LogP contribution in [0.25, 0.3) is 0 Å². The van der Waals surface area contributed by atoms with Gasteiger partial charge in [-0.15, -0.1) is 0 Å². The molecular formula is C16H18F2N4O. The number of carbonyl (C=O) groups excluding carboxylic acids is 1. The lowest BCUT2D eigenvalue weighted by Gasteiger charge is -2.23. The molecule has 0 unspecified atom stereocenters. The SMILES string of the molecule is O=C(c1ccn(C(F)F)n1)N1CCCN(c2ccccc2)CC1. The molecule has 1 aromatic heterocycles. The van der Waals surface area contributed by atoms with Crippen molar-refractivity contribution in [1.82, 2.24) is 14.7 Å². The monoisotopic (exact) mass is 320 g/mol. The van der Waals surface area contributed by atoms with Gasteiger partial charge in [0.1, 0.15) is 0 Å². The van der Waals surface area contributed by atoms with Crippen molar-refractivity contribution in [2.24, 2.45) is 0 Å². The number of hydrogen-bond donors (Lipinski definition) is 0. The molecule has 0 saturated carbocycles. The molecule has 0 aliphatic carbocycles. The number of anilines is 1. The minimum Gasteiger partial charge on any atom is -0.370 e. The Labute approximate surface area is 133 Å². The van der Waals surface area contributed by atoms with Gasteiger partial charge in [-0.3, -0.25) is 4.79 Å². The van der Waals surface area contributed by atoms with Crippen LogP contribution in [0.2, 0.25) is 0 Å². The van der Waals surface area contributed by atoms with Crippen molar-refractivity contribution >= 4 is 11.6 Å². The van der Waals surface area contributed by atoms with Crippen molar-refractivity contribution in [1.29, 1.82) is 0 Å². The lowest BCUT2D eigenvalue weighted by atomic mass is 10.3. The molecule has 1 aliphatic heterocycles. The van der Waals surface area contributed by atoms with Crippen LogP contribution in [-0.2, 0) is 0 Å². The van der Waals surface area contributed by atoms with E-state index in [9.17, 15) is 13.6 Å². The minimum atomic E-state index is -2.73. The fourth-order valence-corrected chi connectivity index (χ4v) is 2.74. The average molecular weight is 320 g/mol. The maximum Gasteiger partial charge on any atom is 0.333 e. The Morgan fingerprint density at radius 2 is 1.83 bits per heavy atom. The Hall–Kier alpha value is -2.44. The van der Waals surface area contributed by atoms with Gasteiger partial charge in [-0.1, -0.05) is 18.2 Å². The summed E-state index contributed by atoms with van der Waals surface area (Å²) in [6.07, 6.45) is 1.96. The lowest BCUT2D eigenvalue weighted by Crippen LogP contribution is -2.35. The molecule has 7 heteroatoms. The zero-order valence-electron chi connectivity index (χ0n) is 12.6. The Morgan fingerprint density at radius 1 is 1.04 bits per heavy atom. The van der Waals surface area contributed by atoms with Crippen LogP contribution in [-0.4, -0.2) is 46.8 Å². The molecule has 122 valence electrons. The maximum absolute atomic E-state index is 12.6. The molecule has 1 fully saturated rings. The molecule has 5 nitrogen and oxygen atoms in total. The van der Waals surface area contributed by atoms with Crippen LogP contribution in [0.4, 0.5) is 14.5 Å². The third-order valence-corrected chi connectivity index (χ3v) is 3.93. The zero-order chi connectivity index (χ0) is 16.2. The first kappa shape index (κ1) is 15.5. The van der Waals surface area contributed by atoms with Crippen LogP contribution < -0.4 is 4.90 Å². The highest BCUT2D eigenvalue weighted by atomic mass is 19.3. The number of para-hydroxylation sites is 1. The summed E-state index contributed by atoms with van der Waals surface area (Å²) >= 11 is 0. The van der Waals surface area contributed by atoms with E-state index in [-0.39, 0.29) is 11.6 Å². The van der Waals surface area contributed by atoms with Gasteiger partial charge in [0.25, 0.3) is 5.91 Å². The summed E-state index contributed by atoms with van der Waals surface area (Å²) in [5.41, 5.74) is 1.20. The number of amides is 1. The first-order chi connectivity index (χ1) is 11.1. The fraction of sp³-hybridized carbons (Fsp3) is 0.375. The number of hydrogen-bond acceptors (Lipinski definition) is 3. The molecule has 1 saturated heterocycles. The van der Waals surface area contributed by atoms with Gasteiger partial charge in [0.15, 0.2) is 5.69 Å². The van der Waals surface area contributed by atoms with Crippen LogP contribution in [0.5, 0.6) is 0 Å². The molecule has 1 aromatic carbocycles. The number of carbonyl (C=O) groups is 1. The standard InChI is InChI=1S/C16H18F2N4O/c17-16(18)22-10-7-14(19-22)15(23)21-9-4-8-20(11-12-21)13-5-2-1-3-6-13/h1-3,5-7,10,16H,4,8-9,11-12H2. The average Bonchev–Trinajstić information content (AvgIpc) is 2.94. The molecule has 0 bridgehead atoms. The molecular weight excluding hydrogens is 302 g/mol. The van der Waals surface area contributed by atoms with E-state index in [1.165, 1.54) is 6.07 Å². The third-order valence-electron chi connectivity index (χ3n) is 3.93. The molecule has 3 rings (SSSR count). The molecule has 2 aromatic rings. The van der Waals surface area contributed by atoms with Gasteiger partial charge in [0, 0.05) is 38.1 Å². The van der Waals surface area contributed by atoms with Crippen LogP contribution in [0.1, 0.15) is 23.5 Å². The number of aromatic nitrogens is 2. The summed E-state index contributed by atoms with van der Waals surface area (Å²) in [5.74, 6) is -0.292. The Balaban J connectivity index is 1.66. The summed E-state index contributed by atoms with van der Waals surface area (Å²) in [6, 6.07) is 11.4. The fourth-order valence-electron chi connectivity index (χ4n) is 2.74. The van der Waals surface area contributed by atoms with Gasteiger partial charge in [-0.2, -0.15) is 13.9 Å². The van der Waals surface area contributed by atoms with Crippen molar-refractivity contribution in [3.63, 3.8) is 0 Å². The van der Waals surface area contributed by atoms with Crippen molar-refractivity contribution < 1.29 is 13.6 Å². The predicted molar refractivity (Wildman–Crippen MR) is 82.7 cm³/mol.